The molecule has 5 nitrogen and oxygen atoms in total. The molecule has 114 valence electrons. The van der Waals surface area contributed by atoms with E-state index in [4.69, 9.17) is 5.26 Å². The standard InChI is InChI=1S/C16H17N3O2S/c17-10-2-1-3-11-18-12-15-8-9-16(22-15)13-4-6-14(7-5-13)19(20)21/h4-9,18H,1-3,11-12H2. The molecule has 0 saturated heterocycles. The number of rotatable bonds is 8. The number of unbranched alkanes of at least 4 members (excludes halogenated alkanes) is 2. The highest BCUT2D eigenvalue weighted by molar-refractivity contribution is 7.15. The minimum absolute atomic E-state index is 0.111. The van der Waals surface area contributed by atoms with Crippen LogP contribution in [0.4, 0.5) is 5.69 Å². The third-order valence-corrected chi connectivity index (χ3v) is 4.35. The normalized spacial score (nSPS) is 10.3. The first-order chi connectivity index (χ1) is 10.7. The maximum atomic E-state index is 10.6. The molecule has 0 radical (unpaired) electrons. The number of hydrogen-bond donors (Lipinski definition) is 1. The van der Waals surface area contributed by atoms with Crippen molar-refractivity contribution in [1.82, 2.24) is 5.32 Å². The van der Waals surface area contributed by atoms with Crippen LogP contribution in [0.3, 0.4) is 0 Å². The summed E-state index contributed by atoms with van der Waals surface area (Å²) < 4.78 is 0. The highest BCUT2D eigenvalue weighted by Crippen LogP contribution is 2.29. The van der Waals surface area contributed by atoms with Crippen molar-refractivity contribution in [3.05, 3.63) is 51.4 Å². The highest BCUT2D eigenvalue weighted by Gasteiger charge is 2.07. The molecule has 0 unspecified atom stereocenters. The third kappa shape index (κ3) is 4.65. The van der Waals surface area contributed by atoms with E-state index >= 15 is 0 Å². The van der Waals surface area contributed by atoms with Crippen LogP contribution in [0.15, 0.2) is 36.4 Å². The molecular weight excluding hydrogens is 298 g/mol. The second-order valence-electron chi connectivity index (χ2n) is 4.86. The lowest BCUT2D eigenvalue weighted by Crippen LogP contribution is -2.13. The Morgan fingerprint density at radius 3 is 2.64 bits per heavy atom. The Morgan fingerprint density at radius 1 is 1.18 bits per heavy atom. The molecule has 0 amide bonds. The maximum absolute atomic E-state index is 10.6. The third-order valence-electron chi connectivity index (χ3n) is 3.22. The molecule has 0 saturated carbocycles. The van der Waals surface area contributed by atoms with E-state index in [9.17, 15) is 10.1 Å². The van der Waals surface area contributed by atoms with Crippen LogP contribution in [-0.4, -0.2) is 11.5 Å². The Kier molecular flexibility index (Phi) is 6.07. The SMILES string of the molecule is N#CCCCCNCc1ccc(-c2ccc([N+](=O)[O-])cc2)s1. The Labute approximate surface area is 133 Å². The van der Waals surface area contributed by atoms with Gasteiger partial charge < -0.3 is 5.32 Å². The van der Waals surface area contributed by atoms with Gasteiger partial charge >= 0.3 is 0 Å². The van der Waals surface area contributed by atoms with Crippen molar-refractivity contribution in [3.8, 4) is 16.5 Å². The summed E-state index contributed by atoms with van der Waals surface area (Å²) in [7, 11) is 0. The van der Waals surface area contributed by atoms with E-state index in [1.807, 2.05) is 6.07 Å². The first kappa shape index (κ1) is 16.1. The van der Waals surface area contributed by atoms with Gasteiger partial charge in [-0.2, -0.15) is 5.26 Å². The molecule has 1 heterocycles. The Balaban J connectivity index is 1.86. The quantitative estimate of drug-likeness (QED) is 0.452. The number of hydrogen-bond acceptors (Lipinski definition) is 5. The Hall–Kier alpha value is -2.23. The molecule has 2 aromatic rings. The zero-order valence-corrected chi connectivity index (χ0v) is 12.9. The number of nitro benzene ring substituents is 1. The average Bonchev–Trinajstić information content (AvgIpc) is 3.00. The lowest BCUT2D eigenvalue weighted by Gasteiger charge is -2.01. The van der Waals surface area contributed by atoms with Gasteiger partial charge in [-0.15, -0.1) is 11.3 Å². The summed E-state index contributed by atoms with van der Waals surface area (Å²) >= 11 is 1.68. The van der Waals surface area contributed by atoms with E-state index in [1.54, 1.807) is 23.5 Å². The lowest BCUT2D eigenvalue weighted by atomic mass is 10.2. The molecule has 22 heavy (non-hydrogen) atoms. The van der Waals surface area contributed by atoms with Crippen LogP contribution in [-0.2, 0) is 6.54 Å². The van der Waals surface area contributed by atoms with E-state index in [0.717, 1.165) is 36.4 Å². The van der Waals surface area contributed by atoms with Crippen molar-refractivity contribution >= 4 is 17.0 Å². The number of thiophene rings is 1. The monoisotopic (exact) mass is 315 g/mol. The molecule has 0 spiro atoms. The maximum Gasteiger partial charge on any atom is 0.269 e. The first-order valence-corrected chi connectivity index (χ1v) is 7.93. The summed E-state index contributed by atoms with van der Waals surface area (Å²) in [6.07, 6.45) is 2.56. The van der Waals surface area contributed by atoms with Crippen molar-refractivity contribution in [2.75, 3.05) is 6.54 Å². The Morgan fingerprint density at radius 2 is 1.95 bits per heavy atom. The second kappa shape index (κ2) is 8.27. The summed E-state index contributed by atoms with van der Waals surface area (Å²) in [4.78, 5) is 12.6. The average molecular weight is 315 g/mol. The van der Waals surface area contributed by atoms with Crippen molar-refractivity contribution in [2.24, 2.45) is 0 Å². The predicted molar refractivity (Wildman–Crippen MR) is 87.6 cm³/mol. The van der Waals surface area contributed by atoms with Crippen molar-refractivity contribution < 1.29 is 4.92 Å². The summed E-state index contributed by atoms with van der Waals surface area (Å²) in [5.41, 5.74) is 1.11. The highest BCUT2D eigenvalue weighted by atomic mass is 32.1. The van der Waals surface area contributed by atoms with Gasteiger partial charge in [0.15, 0.2) is 0 Å². The topological polar surface area (TPSA) is 79.0 Å². The van der Waals surface area contributed by atoms with Crippen LogP contribution >= 0.6 is 11.3 Å². The smallest absolute Gasteiger partial charge is 0.269 e. The number of nitrogens with zero attached hydrogens (tertiary/aromatic N) is 2. The van der Waals surface area contributed by atoms with Gasteiger partial charge in [0.05, 0.1) is 11.0 Å². The summed E-state index contributed by atoms with van der Waals surface area (Å²) in [5.74, 6) is 0. The van der Waals surface area contributed by atoms with Gasteiger partial charge in [0.2, 0.25) is 0 Å². The number of nitrogens with one attached hydrogen (secondary N) is 1. The molecule has 0 fully saturated rings. The van der Waals surface area contributed by atoms with E-state index in [0.29, 0.717) is 6.42 Å². The largest absolute Gasteiger partial charge is 0.312 e. The molecular formula is C16H17N3O2S. The molecule has 0 aliphatic heterocycles. The predicted octanol–water partition coefficient (Wildman–Crippen LogP) is 4.11. The van der Waals surface area contributed by atoms with Crippen LogP contribution < -0.4 is 5.32 Å². The summed E-state index contributed by atoms with van der Waals surface area (Å²) in [6.45, 7) is 1.72. The number of nitriles is 1. The number of benzene rings is 1. The second-order valence-corrected chi connectivity index (χ2v) is 6.03. The van der Waals surface area contributed by atoms with Crippen molar-refractivity contribution in [3.63, 3.8) is 0 Å². The molecule has 1 aromatic heterocycles. The van der Waals surface area contributed by atoms with Crippen molar-refractivity contribution in [1.29, 1.82) is 5.26 Å². The van der Waals surface area contributed by atoms with Crippen molar-refractivity contribution in [2.45, 2.75) is 25.8 Å². The van der Waals surface area contributed by atoms with Gasteiger partial charge in [0.1, 0.15) is 0 Å². The summed E-state index contributed by atoms with van der Waals surface area (Å²) in [5, 5.41) is 22.5. The minimum atomic E-state index is -0.389. The van der Waals surface area contributed by atoms with E-state index in [1.165, 1.54) is 17.0 Å². The van der Waals surface area contributed by atoms with E-state index < -0.39 is 0 Å². The molecule has 1 aromatic carbocycles. The zero-order valence-electron chi connectivity index (χ0n) is 12.1. The molecule has 1 N–H and O–H groups in total. The fourth-order valence-corrected chi connectivity index (χ4v) is 3.02. The van der Waals surface area contributed by atoms with Crippen LogP contribution in [0, 0.1) is 21.4 Å². The van der Waals surface area contributed by atoms with Gasteiger partial charge in [-0.1, -0.05) is 0 Å². The molecule has 6 heteroatoms. The van der Waals surface area contributed by atoms with E-state index in [2.05, 4.69) is 17.5 Å². The number of non-ortho nitro benzene ring substituents is 1. The van der Waals surface area contributed by atoms with Gasteiger partial charge in [0, 0.05) is 34.9 Å². The van der Waals surface area contributed by atoms with Gasteiger partial charge in [0.25, 0.3) is 5.69 Å². The van der Waals surface area contributed by atoms with Gasteiger partial charge in [-0.3, -0.25) is 10.1 Å². The summed E-state index contributed by atoms with van der Waals surface area (Å²) in [6, 6.07) is 12.9. The van der Waals surface area contributed by atoms with Crippen LogP contribution in [0.1, 0.15) is 24.1 Å². The fourth-order valence-electron chi connectivity index (χ4n) is 2.04. The lowest BCUT2D eigenvalue weighted by molar-refractivity contribution is -0.384. The minimum Gasteiger partial charge on any atom is -0.312 e. The van der Waals surface area contributed by atoms with Crippen LogP contribution in [0.5, 0.6) is 0 Å². The molecule has 2 rings (SSSR count). The molecule has 0 aliphatic rings. The van der Waals surface area contributed by atoms with E-state index in [-0.39, 0.29) is 10.6 Å². The Bertz CT molecular complexity index is 659. The first-order valence-electron chi connectivity index (χ1n) is 7.12. The number of nitro groups is 1. The molecule has 0 aliphatic carbocycles. The zero-order chi connectivity index (χ0) is 15.8. The van der Waals surface area contributed by atoms with Gasteiger partial charge in [-0.25, -0.2) is 0 Å². The fraction of sp³-hybridized carbons (Fsp3) is 0.312. The van der Waals surface area contributed by atoms with Crippen LogP contribution in [0.25, 0.3) is 10.4 Å². The van der Waals surface area contributed by atoms with Crippen LogP contribution in [0.2, 0.25) is 0 Å². The molecule has 0 atom stereocenters. The van der Waals surface area contributed by atoms with Gasteiger partial charge in [-0.05, 0) is 49.2 Å². The molecule has 0 bridgehead atoms.